The molecule has 0 aromatic heterocycles. The zero-order valence-corrected chi connectivity index (χ0v) is 9.35. The van der Waals surface area contributed by atoms with E-state index in [1.165, 1.54) is 12.1 Å². The van der Waals surface area contributed by atoms with E-state index < -0.39 is 5.82 Å². The number of halogens is 2. The van der Waals surface area contributed by atoms with Gasteiger partial charge in [0, 0.05) is 18.2 Å². The Morgan fingerprint density at radius 3 is 3.00 bits per heavy atom. The van der Waals surface area contributed by atoms with Crippen molar-refractivity contribution in [2.24, 2.45) is 0 Å². The largest absolute Gasteiger partial charge is 0.348 e. The van der Waals surface area contributed by atoms with Gasteiger partial charge in [-0.1, -0.05) is 11.6 Å². The Morgan fingerprint density at radius 2 is 2.38 bits per heavy atom. The molecular weight excluding hydrogens is 231 g/mol. The molecule has 2 rings (SSSR count). The minimum absolute atomic E-state index is 0.0269. The maximum atomic E-state index is 13.1. The number of hydrogen-bond acceptors (Lipinski definition) is 2. The standard InChI is InChI=1S/C11H12ClFN2O/c12-9-2-1-7(5-10(9)13)11(16)15-8-3-4-14-6-8/h1-2,5,8,14H,3-4,6H2,(H,15,16)/t8-/m0/s1. The predicted octanol–water partition coefficient (Wildman–Crippen LogP) is 1.57. The highest BCUT2D eigenvalue weighted by atomic mass is 35.5. The van der Waals surface area contributed by atoms with Crippen LogP contribution in [0, 0.1) is 5.82 Å². The van der Waals surface area contributed by atoms with Crippen molar-refractivity contribution in [2.45, 2.75) is 12.5 Å². The quantitative estimate of drug-likeness (QED) is 0.827. The predicted molar refractivity (Wildman–Crippen MR) is 60.2 cm³/mol. The second-order valence-electron chi connectivity index (χ2n) is 3.79. The van der Waals surface area contributed by atoms with Gasteiger partial charge in [0.05, 0.1) is 5.02 Å². The first-order valence-corrected chi connectivity index (χ1v) is 5.51. The summed E-state index contributed by atoms with van der Waals surface area (Å²) in [5.41, 5.74) is 0.300. The SMILES string of the molecule is O=C(N[C@H]1CCNC1)c1ccc(Cl)c(F)c1. The van der Waals surface area contributed by atoms with Gasteiger partial charge in [-0.2, -0.15) is 0 Å². The highest BCUT2D eigenvalue weighted by molar-refractivity contribution is 6.30. The van der Waals surface area contributed by atoms with E-state index >= 15 is 0 Å². The third kappa shape index (κ3) is 2.51. The van der Waals surface area contributed by atoms with E-state index in [1.54, 1.807) is 0 Å². The number of carbonyl (C=O) groups is 1. The molecule has 86 valence electrons. The number of nitrogens with one attached hydrogen (secondary N) is 2. The summed E-state index contributed by atoms with van der Waals surface area (Å²) in [6.07, 6.45) is 0.905. The summed E-state index contributed by atoms with van der Waals surface area (Å²) < 4.78 is 13.1. The normalized spacial score (nSPS) is 19.8. The minimum Gasteiger partial charge on any atom is -0.348 e. The van der Waals surface area contributed by atoms with Gasteiger partial charge in [-0.15, -0.1) is 0 Å². The summed E-state index contributed by atoms with van der Waals surface area (Å²) in [5.74, 6) is -0.830. The molecule has 1 aliphatic rings. The van der Waals surface area contributed by atoms with E-state index in [4.69, 9.17) is 11.6 Å². The van der Waals surface area contributed by atoms with Gasteiger partial charge in [0.2, 0.25) is 0 Å². The molecule has 0 saturated carbocycles. The smallest absolute Gasteiger partial charge is 0.251 e. The number of carbonyl (C=O) groups excluding carboxylic acids is 1. The summed E-state index contributed by atoms with van der Waals surface area (Å²) in [6, 6.07) is 4.19. The molecule has 0 unspecified atom stereocenters. The molecule has 1 aliphatic heterocycles. The lowest BCUT2D eigenvalue weighted by Crippen LogP contribution is -2.36. The van der Waals surface area contributed by atoms with Gasteiger partial charge in [-0.3, -0.25) is 4.79 Å². The van der Waals surface area contributed by atoms with Gasteiger partial charge in [0.1, 0.15) is 5.82 Å². The number of rotatable bonds is 2. The zero-order valence-electron chi connectivity index (χ0n) is 8.59. The molecular formula is C11H12ClFN2O. The molecule has 16 heavy (non-hydrogen) atoms. The molecule has 1 aromatic rings. The number of benzene rings is 1. The Labute approximate surface area is 98.0 Å². The van der Waals surface area contributed by atoms with Crippen molar-refractivity contribution in [3.63, 3.8) is 0 Å². The molecule has 1 fully saturated rings. The van der Waals surface area contributed by atoms with Crippen LogP contribution in [0.5, 0.6) is 0 Å². The molecule has 0 bridgehead atoms. The first-order chi connectivity index (χ1) is 7.66. The van der Waals surface area contributed by atoms with Crippen molar-refractivity contribution in [1.82, 2.24) is 10.6 Å². The number of amides is 1. The Kier molecular flexibility index (Phi) is 3.41. The average molecular weight is 243 g/mol. The Bertz CT molecular complexity index is 405. The maximum absolute atomic E-state index is 13.1. The van der Waals surface area contributed by atoms with Crippen molar-refractivity contribution in [1.29, 1.82) is 0 Å². The Hall–Kier alpha value is -1.13. The van der Waals surface area contributed by atoms with Gasteiger partial charge < -0.3 is 10.6 Å². The van der Waals surface area contributed by atoms with Crippen LogP contribution in [0.1, 0.15) is 16.8 Å². The third-order valence-corrected chi connectivity index (χ3v) is 2.88. The lowest BCUT2D eigenvalue weighted by molar-refractivity contribution is 0.0939. The van der Waals surface area contributed by atoms with E-state index in [0.717, 1.165) is 25.6 Å². The van der Waals surface area contributed by atoms with E-state index in [0.29, 0.717) is 5.56 Å². The lowest BCUT2D eigenvalue weighted by Gasteiger charge is -2.11. The molecule has 5 heteroatoms. The first-order valence-electron chi connectivity index (χ1n) is 5.13. The van der Waals surface area contributed by atoms with Crippen molar-refractivity contribution < 1.29 is 9.18 Å². The molecule has 1 heterocycles. The van der Waals surface area contributed by atoms with Gasteiger partial charge in [0.15, 0.2) is 0 Å². The monoisotopic (exact) mass is 242 g/mol. The van der Waals surface area contributed by atoms with Crippen LogP contribution in [-0.2, 0) is 0 Å². The van der Waals surface area contributed by atoms with Crippen molar-refractivity contribution >= 4 is 17.5 Å². The molecule has 3 nitrogen and oxygen atoms in total. The fourth-order valence-corrected chi connectivity index (χ4v) is 1.80. The van der Waals surface area contributed by atoms with Gasteiger partial charge in [0.25, 0.3) is 5.91 Å². The van der Waals surface area contributed by atoms with Crippen LogP contribution >= 0.6 is 11.6 Å². The fourth-order valence-electron chi connectivity index (χ4n) is 1.68. The maximum Gasteiger partial charge on any atom is 0.251 e. The van der Waals surface area contributed by atoms with E-state index in [1.807, 2.05) is 0 Å². The Balaban J connectivity index is 2.05. The van der Waals surface area contributed by atoms with Gasteiger partial charge in [-0.05, 0) is 31.2 Å². The third-order valence-electron chi connectivity index (χ3n) is 2.58. The topological polar surface area (TPSA) is 41.1 Å². The van der Waals surface area contributed by atoms with Crippen LogP contribution in [0.15, 0.2) is 18.2 Å². The second kappa shape index (κ2) is 4.80. The van der Waals surface area contributed by atoms with Crippen LogP contribution in [0.2, 0.25) is 5.02 Å². The fraction of sp³-hybridized carbons (Fsp3) is 0.364. The van der Waals surface area contributed by atoms with E-state index in [9.17, 15) is 9.18 Å². The minimum atomic E-state index is -0.570. The second-order valence-corrected chi connectivity index (χ2v) is 4.20. The van der Waals surface area contributed by atoms with Crippen LogP contribution in [0.3, 0.4) is 0 Å². The molecule has 1 atom stereocenters. The molecule has 1 amide bonds. The van der Waals surface area contributed by atoms with Crippen LogP contribution in [0.4, 0.5) is 4.39 Å². The molecule has 0 aliphatic carbocycles. The molecule has 2 N–H and O–H groups in total. The van der Waals surface area contributed by atoms with E-state index in [-0.39, 0.29) is 17.0 Å². The van der Waals surface area contributed by atoms with Crippen molar-refractivity contribution in [3.8, 4) is 0 Å². The van der Waals surface area contributed by atoms with Crippen LogP contribution in [0.25, 0.3) is 0 Å². The van der Waals surface area contributed by atoms with Crippen molar-refractivity contribution in [3.05, 3.63) is 34.6 Å². The molecule has 0 spiro atoms. The lowest BCUT2D eigenvalue weighted by atomic mass is 10.2. The highest BCUT2D eigenvalue weighted by Gasteiger charge is 2.17. The van der Waals surface area contributed by atoms with E-state index in [2.05, 4.69) is 10.6 Å². The van der Waals surface area contributed by atoms with Crippen LogP contribution in [-0.4, -0.2) is 25.0 Å². The molecule has 1 saturated heterocycles. The molecule has 0 radical (unpaired) electrons. The highest BCUT2D eigenvalue weighted by Crippen LogP contribution is 2.15. The van der Waals surface area contributed by atoms with Crippen LogP contribution < -0.4 is 10.6 Å². The Morgan fingerprint density at radius 1 is 1.56 bits per heavy atom. The van der Waals surface area contributed by atoms with Gasteiger partial charge in [-0.25, -0.2) is 4.39 Å². The summed E-state index contributed by atoms with van der Waals surface area (Å²) in [7, 11) is 0. The molecule has 1 aromatic carbocycles. The summed E-state index contributed by atoms with van der Waals surface area (Å²) in [6.45, 7) is 1.67. The summed E-state index contributed by atoms with van der Waals surface area (Å²) in [4.78, 5) is 11.7. The summed E-state index contributed by atoms with van der Waals surface area (Å²) >= 11 is 5.54. The zero-order chi connectivity index (χ0) is 11.5. The van der Waals surface area contributed by atoms with Crippen molar-refractivity contribution in [2.75, 3.05) is 13.1 Å². The first kappa shape index (κ1) is 11.4. The van der Waals surface area contributed by atoms with Gasteiger partial charge >= 0.3 is 0 Å². The average Bonchev–Trinajstić information content (AvgIpc) is 2.74. The summed E-state index contributed by atoms with van der Waals surface area (Å²) in [5, 5.41) is 6.00. The number of hydrogen-bond donors (Lipinski definition) is 2.